The van der Waals surface area contributed by atoms with Crippen molar-refractivity contribution in [3.8, 4) is 0 Å². The minimum atomic E-state index is -0.208. The zero-order valence-electron chi connectivity index (χ0n) is 13.5. The highest BCUT2D eigenvalue weighted by atomic mass is 16.2. The van der Waals surface area contributed by atoms with E-state index in [-0.39, 0.29) is 29.7 Å². The Labute approximate surface area is 136 Å². The van der Waals surface area contributed by atoms with Crippen molar-refractivity contribution in [3.05, 3.63) is 71.8 Å². The molecule has 1 heterocycles. The lowest BCUT2D eigenvalue weighted by Gasteiger charge is -2.44. The van der Waals surface area contributed by atoms with Crippen molar-refractivity contribution < 1.29 is 9.59 Å². The van der Waals surface area contributed by atoms with E-state index in [1.807, 2.05) is 72.5 Å². The van der Waals surface area contributed by atoms with Gasteiger partial charge in [0, 0.05) is 19.3 Å². The second-order valence-electron chi connectivity index (χ2n) is 6.17. The van der Waals surface area contributed by atoms with Gasteiger partial charge in [-0.15, -0.1) is 0 Å². The number of Topliss-reactive ketones (excluding diaryl/α,β-unsaturated/α-hetero) is 1. The number of carbonyl (C=O) groups is 2. The number of ketones is 1. The van der Waals surface area contributed by atoms with Crippen molar-refractivity contribution in [2.45, 2.75) is 32.4 Å². The van der Waals surface area contributed by atoms with Crippen LogP contribution in [0.1, 0.15) is 43.5 Å². The summed E-state index contributed by atoms with van der Waals surface area (Å²) in [6.07, 6.45) is 0.383. The first-order valence-electron chi connectivity index (χ1n) is 8.01. The highest BCUT2D eigenvalue weighted by Gasteiger charge is 2.42. The van der Waals surface area contributed by atoms with Crippen molar-refractivity contribution >= 4 is 11.7 Å². The van der Waals surface area contributed by atoms with Crippen LogP contribution in [0.25, 0.3) is 0 Å². The third kappa shape index (κ3) is 2.91. The Morgan fingerprint density at radius 2 is 1.48 bits per heavy atom. The molecule has 3 rings (SSSR count). The molecule has 3 atom stereocenters. The van der Waals surface area contributed by atoms with Gasteiger partial charge in [0.2, 0.25) is 5.91 Å². The zero-order valence-corrected chi connectivity index (χ0v) is 13.5. The monoisotopic (exact) mass is 307 g/mol. The Bertz CT molecular complexity index is 696. The van der Waals surface area contributed by atoms with Crippen LogP contribution in [0.2, 0.25) is 0 Å². The summed E-state index contributed by atoms with van der Waals surface area (Å²) in [7, 11) is 0. The maximum Gasteiger partial charge on any atom is 0.220 e. The fourth-order valence-corrected chi connectivity index (χ4v) is 3.55. The molecule has 1 aliphatic heterocycles. The molecule has 1 aliphatic rings. The molecule has 3 nitrogen and oxygen atoms in total. The number of rotatable bonds is 2. The van der Waals surface area contributed by atoms with Gasteiger partial charge in [0.15, 0.2) is 0 Å². The van der Waals surface area contributed by atoms with E-state index in [0.29, 0.717) is 6.42 Å². The van der Waals surface area contributed by atoms with Gasteiger partial charge in [-0.3, -0.25) is 9.59 Å². The number of hydrogen-bond donors (Lipinski definition) is 0. The normalized spacial score (nSPS) is 24.5. The Morgan fingerprint density at radius 3 is 2.00 bits per heavy atom. The van der Waals surface area contributed by atoms with Gasteiger partial charge >= 0.3 is 0 Å². The smallest absolute Gasteiger partial charge is 0.220 e. The van der Waals surface area contributed by atoms with Crippen molar-refractivity contribution in [2.75, 3.05) is 0 Å². The lowest BCUT2D eigenvalue weighted by molar-refractivity contribution is -0.144. The van der Waals surface area contributed by atoms with Crippen LogP contribution >= 0.6 is 0 Å². The molecular formula is C20H21NO2. The summed E-state index contributed by atoms with van der Waals surface area (Å²) >= 11 is 0. The van der Waals surface area contributed by atoms with Gasteiger partial charge in [-0.2, -0.15) is 0 Å². The van der Waals surface area contributed by atoms with Gasteiger partial charge in [0.25, 0.3) is 0 Å². The summed E-state index contributed by atoms with van der Waals surface area (Å²) in [5, 5.41) is 0. The summed E-state index contributed by atoms with van der Waals surface area (Å²) < 4.78 is 0. The van der Waals surface area contributed by atoms with E-state index in [9.17, 15) is 9.59 Å². The minimum Gasteiger partial charge on any atom is -0.328 e. The molecule has 2 aromatic rings. The molecule has 2 aromatic carbocycles. The molecule has 0 radical (unpaired) electrons. The van der Waals surface area contributed by atoms with Crippen LogP contribution in [-0.2, 0) is 9.59 Å². The standard InChI is InChI=1S/C20H21NO2/c1-14-19(23)13-18(16-9-5-3-6-10-16)21(15(2)22)20(14)17-11-7-4-8-12-17/h3-12,14,18,20H,13H2,1-2H3. The molecule has 0 bridgehead atoms. The first-order valence-corrected chi connectivity index (χ1v) is 8.01. The average molecular weight is 307 g/mol. The summed E-state index contributed by atoms with van der Waals surface area (Å²) in [5.41, 5.74) is 2.04. The fraction of sp³-hybridized carbons (Fsp3) is 0.300. The van der Waals surface area contributed by atoms with Crippen LogP contribution in [0.15, 0.2) is 60.7 Å². The Morgan fingerprint density at radius 1 is 0.957 bits per heavy atom. The van der Waals surface area contributed by atoms with Crippen LogP contribution in [0.3, 0.4) is 0 Å². The van der Waals surface area contributed by atoms with E-state index < -0.39 is 0 Å². The third-order valence-corrected chi connectivity index (χ3v) is 4.70. The number of benzene rings is 2. The van der Waals surface area contributed by atoms with Gasteiger partial charge in [-0.1, -0.05) is 67.6 Å². The van der Waals surface area contributed by atoms with Gasteiger partial charge < -0.3 is 4.90 Å². The molecule has 0 aromatic heterocycles. The largest absolute Gasteiger partial charge is 0.328 e. The van der Waals surface area contributed by atoms with Crippen LogP contribution in [0.5, 0.6) is 0 Å². The third-order valence-electron chi connectivity index (χ3n) is 4.70. The van der Waals surface area contributed by atoms with E-state index in [4.69, 9.17) is 0 Å². The quantitative estimate of drug-likeness (QED) is 0.843. The maximum atomic E-state index is 12.6. The summed E-state index contributed by atoms with van der Waals surface area (Å²) in [5.74, 6) is 0.0264. The molecule has 0 N–H and O–H groups in total. The molecule has 1 saturated heterocycles. The first kappa shape index (κ1) is 15.5. The Kier molecular flexibility index (Phi) is 4.28. The Hall–Kier alpha value is -2.42. The van der Waals surface area contributed by atoms with Gasteiger partial charge in [0.1, 0.15) is 5.78 Å². The van der Waals surface area contributed by atoms with Crippen LogP contribution in [0, 0.1) is 5.92 Å². The predicted octanol–water partition coefficient (Wildman–Crippen LogP) is 3.93. The van der Waals surface area contributed by atoms with Gasteiger partial charge in [-0.25, -0.2) is 0 Å². The zero-order chi connectivity index (χ0) is 16.4. The fourth-order valence-electron chi connectivity index (χ4n) is 3.55. The van der Waals surface area contributed by atoms with E-state index in [2.05, 4.69) is 0 Å². The number of amides is 1. The molecule has 3 heteroatoms. The van der Waals surface area contributed by atoms with Crippen LogP contribution < -0.4 is 0 Å². The minimum absolute atomic E-state index is 0.00653. The van der Waals surface area contributed by atoms with E-state index >= 15 is 0 Å². The molecule has 0 aliphatic carbocycles. The molecule has 118 valence electrons. The highest BCUT2D eigenvalue weighted by Crippen LogP contribution is 2.43. The van der Waals surface area contributed by atoms with Crippen molar-refractivity contribution in [3.63, 3.8) is 0 Å². The predicted molar refractivity (Wildman–Crippen MR) is 89.7 cm³/mol. The second-order valence-corrected chi connectivity index (χ2v) is 6.17. The summed E-state index contributed by atoms with van der Waals surface area (Å²) in [6.45, 7) is 3.52. The number of nitrogens with zero attached hydrogens (tertiary/aromatic N) is 1. The lowest BCUT2D eigenvalue weighted by atomic mass is 9.80. The number of carbonyl (C=O) groups excluding carboxylic acids is 2. The first-order chi connectivity index (χ1) is 11.1. The van der Waals surface area contributed by atoms with E-state index in [1.54, 1.807) is 6.92 Å². The van der Waals surface area contributed by atoms with Crippen molar-refractivity contribution in [1.29, 1.82) is 0 Å². The number of likely N-dealkylation sites (tertiary alicyclic amines) is 1. The summed E-state index contributed by atoms with van der Waals surface area (Å²) in [4.78, 5) is 26.9. The highest BCUT2D eigenvalue weighted by molar-refractivity contribution is 5.86. The molecule has 1 amide bonds. The SMILES string of the molecule is CC(=O)N1C(c2ccccc2)CC(=O)C(C)C1c1ccccc1. The van der Waals surface area contributed by atoms with Crippen molar-refractivity contribution in [2.24, 2.45) is 5.92 Å². The van der Waals surface area contributed by atoms with E-state index in [0.717, 1.165) is 11.1 Å². The lowest BCUT2D eigenvalue weighted by Crippen LogP contribution is -2.46. The number of hydrogen-bond acceptors (Lipinski definition) is 2. The maximum absolute atomic E-state index is 12.6. The molecule has 1 fully saturated rings. The number of piperidine rings is 1. The average Bonchev–Trinajstić information content (AvgIpc) is 2.58. The van der Waals surface area contributed by atoms with Gasteiger partial charge in [0.05, 0.1) is 12.1 Å². The molecule has 0 spiro atoms. The molecule has 23 heavy (non-hydrogen) atoms. The van der Waals surface area contributed by atoms with Gasteiger partial charge in [-0.05, 0) is 11.1 Å². The van der Waals surface area contributed by atoms with Crippen LogP contribution in [0.4, 0.5) is 0 Å². The van der Waals surface area contributed by atoms with E-state index in [1.165, 1.54) is 0 Å². The molecular weight excluding hydrogens is 286 g/mol. The summed E-state index contributed by atoms with van der Waals surface area (Å²) in [6, 6.07) is 19.3. The second kappa shape index (κ2) is 6.37. The van der Waals surface area contributed by atoms with Crippen LogP contribution in [-0.4, -0.2) is 16.6 Å². The molecule has 0 saturated carbocycles. The molecule has 3 unspecified atom stereocenters. The topological polar surface area (TPSA) is 37.4 Å². The van der Waals surface area contributed by atoms with Crippen molar-refractivity contribution in [1.82, 2.24) is 4.90 Å². The Balaban J connectivity index is 2.08.